The summed E-state index contributed by atoms with van der Waals surface area (Å²) in [7, 11) is 5.89. The van der Waals surface area contributed by atoms with Crippen molar-refractivity contribution in [2.45, 2.75) is 70.4 Å². The summed E-state index contributed by atoms with van der Waals surface area (Å²) in [6, 6.07) is 4.13. The third-order valence-corrected chi connectivity index (χ3v) is 10.2. The van der Waals surface area contributed by atoms with Crippen molar-refractivity contribution in [3.63, 3.8) is 0 Å². The van der Waals surface area contributed by atoms with E-state index in [4.69, 9.17) is 4.63 Å². The van der Waals surface area contributed by atoms with Crippen LogP contribution in [0.4, 0.5) is 11.4 Å². The van der Waals surface area contributed by atoms with Crippen LogP contribution in [-0.4, -0.2) is 89.7 Å². The molecule has 12 nitrogen and oxygen atoms in total. The molecule has 0 radical (unpaired) electrons. The molecule has 2 aliphatic heterocycles. The molecule has 2 bridgehead atoms. The first-order valence-corrected chi connectivity index (χ1v) is 15.0. The zero-order chi connectivity index (χ0) is 29.3. The van der Waals surface area contributed by atoms with Crippen molar-refractivity contribution >= 4 is 34.2 Å². The Morgan fingerprint density at radius 1 is 1.12 bits per heavy atom. The van der Waals surface area contributed by atoms with Gasteiger partial charge in [-0.1, -0.05) is 19.8 Å². The lowest BCUT2D eigenvalue weighted by atomic mass is 9.67. The first-order chi connectivity index (χ1) is 19.6. The zero-order valence-corrected chi connectivity index (χ0v) is 24.6. The number of aromatic nitrogens is 2. The van der Waals surface area contributed by atoms with E-state index in [-0.39, 0.29) is 41.5 Å². The lowest BCUT2D eigenvalue weighted by molar-refractivity contribution is -0.383. The topological polar surface area (TPSA) is 138 Å². The van der Waals surface area contributed by atoms with Gasteiger partial charge < -0.3 is 20.0 Å². The van der Waals surface area contributed by atoms with Crippen LogP contribution in [0.25, 0.3) is 11.0 Å². The van der Waals surface area contributed by atoms with Gasteiger partial charge in [-0.15, -0.1) is 0 Å². The van der Waals surface area contributed by atoms with E-state index in [1.165, 1.54) is 51.0 Å². The first kappa shape index (κ1) is 29.2. The second kappa shape index (κ2) is 12.3. The summed E-state index contributed by atoms with van der Waals surface area (Å²) in [6.07, 6.45) is 9.13. The number of non-ortho nitro benzene ring substituents is 1. The number of piperidine rings is 1. The molecule has 3 fully saturated rings. The van der Waals surface area contributed by atoms with Gasteiger partial charge in [0.05, 0.1) is 17.2 Å². The number of nitrogens with zero attached hydrogens (tertiary/aromatic N) is 6. The minimum absolute atomic E-state index is 0.0323. The number of nitro benzene ring substituents is 1. The highest BCUT2D eigenvalue weighted by Crippen LogP contribution is 2.48. The largest absolute Gasteiger partial charge is 0.372 e. The maximum Gasteiger partial charge on any atom is 0.300 e. The van der Waals surface area contributed by atoms with Crippen molar-refractivity contribution in [2.75, 3.05) is 45.7 Å². The summed E-state index contributed by atoms with van der Waals surface area (Å²) in [6.45, 7) is 3.40. The molecule has 1 aliphatic carbocycles. The molecule has 2 amide bonds. The fourth-order valence-corrected chi connectivity index (χ4v) is 7.63. The highest BCUT2D eigenvalue weighted by Gasteiger charge is 2.48. The third kappa shape index (κ3) is 6.17. The van der Waals surface area contributed by atoms with Gasteiger partial charge in [-0.3, -0.25) is 19.7 Å². The van der Waals surface area contributed by atoms with Crippen LogP contribution in [0.3, 0.4) is 0 Å². The van der Waals surface area contributed by atoms with Gasteiger partial charge in [-0.2, -0.15) is 0 Å². The number of hydrogen-bond acceptors (Lipinski definition) is 9. The molecule has 2 aromatic rings. The van der Waals surface area contributed by atoms with Gasteiger partial charge in [-0.25, -0.2) is 4.63 Å². The Kier molecular flexibility index (Phi) is 8.77. The molecule has 4 atom stereocenters. The second-order valence-electron chi connectivity index (χ2n) is 12.6. The average Bonchev–Trinajstić information content (AvgIpc) is 3.53. The summed E-state index contributed by atoms with van der Waals surface area (Å²) in [5.74, 6) is 2.42. The van der Waals surface area contributed by atoms with E-state index in [2.05, 4.69) is 34.5 Å². The zero-order valence-electron chi connectivity index (χ0n) is 24.6. The fourth-order valence-electron chi connectivity index (χ4n) is 7.63. The van der Waals surface area contributed by atoms with E-state index in [9.17, 15) is 19.7 Å². The van der Waals surface area contributed by atoms with Crippen molar-refractivity contribution in [2.24, 2.45) is 23.7 Å². The molecule has 3 aliphatic rings. The van der Waals surface area contributed by atoms with E-state index in [1.54, 1.807) is 18.0 Å². The minimum Gasteiger partial charge on any atom is -0.372 e. The van der Waals surface area contributed by atoms with E-state index >= 15 is 0 Å². The highest BCUT2D eigenvalue weighted by atomic mass is 16.6. The predicted molar refractivity (Wildman–Crippen MR) is 154 cm³/mol. The van der Waals surface area contributed by atoms with Crippen LogP contribution < -0.4 is 10.2 Å². The molecule has 41 heavy (non-hydrogen) atoms. The maximum absolute atomic E-state index is 13.1. The van der Waals surface area contributed by atoms with Gasteiger partial charge in [0.1, 0.15) is 0 Å². The first-order valence-electron chi connectivity index (χ1n) is 15.0. The summed E-state index contributed by atoms with van der Waals surface area (Å²) >= 11 is 0. The SMILES string of the molecule is CC1CCC([C@H]2C[C@H]3CCC(C2CN(C)C(=O)CNC(=O)CCN(C)c2ccc([N+](=O)[O-])c4nonc24)N3C)CC1. The third-order valence-electron chi connectivity index (χ3n) is 10.2. The monoisotopic (exact) mass is 569 g/mol. The molecule has 12 heteroatoms. The molecule has 0 spiro atoms. The van der Waals surface area contributed by atoms with Crippen molar-refractivity contribution in [3.8, 4) is 0 Å². The Morgan fingerprint density at radius 2 is 1.85 bits per heavy atom. The van der Waals surface area contributed by atoms with Crippen molar-refractivity contribution < 1.29 is 19.1 Å². The highest BCUT2D eigenvalue weighted by molar-refractivity contribution is 5.94. The number of carbonyl (C=O) groups is 2. The lowest BCUT2D eigenvalue weighted by Gasteiger charge is -2.48. The number of nitro groups is 1. The summed E-state index contributed by atoms with van der Waals surface area (Å²) in [4.78, 5) is 42.6. The number of rotatable bonds is 10. The van der Waals surface area contributed by atoms with Gasteiger partial charge in [0.2, 0.25) is 17.3 Å². The van der Waals surface area contributed by atoms with E-state index in [0.717, 1.165) is 18.4 Å². The van der Waals surface area contributed by atoms with Crippen LogP contribution in [0.2, 0.25) is 0 Å². The quantitative estimate of drug-likeness (QED) is 0.337. The standard InChI is InChI=1S/C29H43N7O5/c1-18-5-7-19(8-6-18)21-15-20-9-10-23(35(20)4)22(21)17-34(3)27(38)16-30-26(37)13-14-33(2)24-11-12-25(36(39)40)29-28(24)31-41-32-29/h11-12,18-23H,5-10,13-17H2,1-4H3,(H,30,37)/t18?,19?,20-,21-,22?,23?/m1/s1. The number of hydrogen-bond donors (Lipinski definition) is 1. The summed E-state index contributed by atoms with van der Waals surface area (Å²) < 4.78 is 4.73. The normalized spacial score (nSPS) is 28.0. The number of likely N-dealkylation sites (N-methyl/N-ethyl adjacent to an activating group) is 1. The van der Waals surface area contributed by atoms with Crippen LogP contribution in [0.5, 0.6) is 0 Å². The van der Waals surface area contributed by atoms with E-state index in [0.29, 0.717) is 36.2 Å². The Morgan fingerprint density at radius 3 is 2.59 bits per heavy atom. The number of anilines is 1. The molecule has 1 aromatic heterocycles. The van der Waals surface area contributed by atoms with E-state index < -0.39 is 4.92 Å². The Labute approximate surface area is 240 Å². The number of carbonyl (C=O) groups excluding carboxylic acids is 2. The molecule has 1 N–H and O–H groups in total. The molecule has 2 saturated heterocycles. The van der Waals surface area contributed by atoms with Gasteiger partial charge in [-0.05, 0) is 79.2 Å². The molecule has 224 valence electrons. The smallest absolute Gasteiger partial charge is 0.300 e. The van der Waals surface area contributed by atoms with Crippen LogP contribution in [-0.2, 0) is 9.59 Å². The van der Waals surface area contributed by atoms with Gasteiger partial charge in [0, 0.05) is 51.8 Å². The Balaban J connectivity index is 1.12. The number of benzene rings is 1. The molecule has 3 heterocycles. The van der Waals surface area contributed by atoms with Crippen molar-refractivity contribution in [3.05, 3.63) is 22.2 Å². The van der Waals surface area contributed by atoms with Crippen LogP contribution in [0.15, 0.2) is 16.8 Å². The van der Waals surface area contributed by atoms with E-state index in [1.807, 2.05) is 11.9 Å². The molecular weight excluding hydrogens is 526 g/mol. The molecule has 5 rings (SSSR count). The van der Waals surface area contributed by atoms with Crippen LogP contribution >= 0.6 is 0 Å². The number of fused-ring (bicyclic) bond motifs is 3. The van der Waals surface area contributed by atoms with Crippen LogP contribution in [0.1, 0.15) is 58.3 Å². The van der Waals surface area contributed by atoms with Gasteiger partial charge in [0.15, 0.2) is 5.52 Å². The second-order valence-corrected chi connectivity index (χ2v) is 12.6. The molecule has 2 unspecified atom stereocenters. The molecular formula is C29H43N7O5. The maximum atomic E-state index is 13.1. The Bertz CT molecular complexity index is 1260. The van der Waals surface area contributed by atoms with Crippen molar-refractivity contribution in [1.82, 2.24) is 25.4 Å². The molecule has 1 saturated carbocycles. The average molecular weight is 570 g/mol. The van der Waals surface area contributed by atoms with Gasteiger partial charge in [0.25, 0.3) is 0 Å². The summed E-state index contributed by atoms with van der Waals surface area (Å²) in [5, 5.41) is 21.5. The number of nitrogens with one attached hydrogen (secondary N) is 1. The summed E-state index contributed by atoms with van der Waals surface area (Å²) in [5.41, 5.74) is 0.715. The fraction of sp³-hybridized carbons (Fsp3) is 0.724. The van der Waals surface area contributed by atoms with Gasteiger partial charge >= 0.3 is 5.69 Å². The minimum atomic E-state index is -0.536. The predicted octanol–water partition coefficient (Wildman–Crippen LogP) is 3.46. The Hall–Kier alpha value is -3.28. The van der Waals surface area contributed by atoms with Crippen LogP contribution in [0, 0.1) is 33.8 Å². The lowest BCUT2D eigenvalue weighted by Crippen LogP contribution is -2.53. The van der Waals surface area contributed by atoms with Crippen molar-refractivity contribution in [1.29, 1.82) is 0 Å². The molecule has 1 aromatic carbocycles. The number of amides is 2.